The van der Waals surface area contributed by atoms with Gasteiger partial charge in [0.15, 0.2) is 0 Å². The van der Waals surface area contributed by atoms with Crippen LogP contribution in [0.1, 0.15) is 25.0 Å². The molecule has 3 aromatic carbocycles. The van der Waals surface area contributed by atoms with Crippen LogP contribution in [0.3, 0.4) is 0 Å². The maximum atomic E-state index is 4.87. The van der Waals surface area contributed by atoms with Crippen molar-refractivity contribution in [2.75, 3.05) is 0 Å². The molecule has 1 atom stereocenters. The van der Waals surface area contributed by atoms with Gasteiger partial charge < -0.3 is 0 Å². The van der Waals surface area contributed by atoms with Crippen LogP contribution in [0.25, 0.3) is 10.8 Å². The predicted molar refractivity (Wildman–Crippen MR) is 94.2 cm³/mol. The Bertz CT molecular complexity index is 877. The smallest absolute Gasteiger partial charge is 0.0677 e. The molecule has 0 saturated carbocycles. The molecule has 3 aromatic rings. The topological polar surface area (TPSA) is 12.4 Å². The zero-order valence-corrected chi connectivity index (χ0v) is 13.0. The molecule has 1 nitrogen and oxygen atoms in total. The first-order chi connectivity index (χ1) is 10.7. The largest absolute Gasteiger partial charge is 0.257 e. The third kappa shape index (κ3) is 1.89. The van der Waals surface area contributed by atoms with Gasteiger partial charge in [-0.25, -0.2) is 0 Å². The molecule has 0 bridgehead atoms. The van der Waals surface area contributed by atoms with Crippen LogP contribution in [0, 0.1) is 0 Å². The second-order valence-electron chi connectivity index (χ2n) is 6.37. The van der Waals surface area contributed by atoms with Crippen LogP contribution in [-0.4, -0.2) is 5.71 Å². The van der Waals surface area contributed by atoms with Gasteiger partial charge in [-0.1, -0.05) is 60.7 Å². The number of rotatable bonds is 2. The fraction of sp³-hybridized carbons (Fsp3) is 0.190. The zero-order valence-electron chi connectivity index (χ0n) is 13.0. The van der Waals surface area contributed by atoms with Crippen LogP contribution < -0.4 is 0 Å². The van der Waals surface area contributed by atoms with Gasteiger partial charge in [-0.3, -0.25) is 4.99 Å². The molecule has 22 heavy (non-hydrogen) atoms. The lowest BCUT2D eigenvalue weighted by atomic mass is 9.73. The quantitative estimate of drug-likeness (QED) is 0.594. The van der Waals surface area contributed by atoms with E-state index >= 15 is 0 Å². The van der Waals surface area contributed by atoms with E-state index in [9.17, 15) is 0 Å². The van der Waals surface area contributed by atoms with Crippen LogP contribution >= 0.6 is 0 Å². The fourth-order valence-corrected chi connectivity index (χ4v) is 3.64. The fourth-order valence-electron chi connectivity index (χ4n) is 3.64. The average Bonchev–Trinajstić information content (AvgIpc) is 2.80. The average molecular weight is 285 g/mol. The first-order valence-corrected chi connectivity index (χ1v) is 7.80. The zero-order chi connectivity index (χ0) is 15.2. The van der Waals surface area contributed by atoms with Gasteiger partial charge in [-0.05, 0) is 48.2 Å². The second kappa shape index (κ2) is 4.81. The minimum absolute atomic E-state index is 0.0302. The highest BCUT2D eigenvalue weighted by atomic mass is 14.8. The molecule has 1 heteroatoms. The van der Waals surface area contributed by atoms with Crippen molar-refractivity contribution in [3.05, 3.63) is 77.9 Å². The predicted octanol–water partition coefficient (Wildman–Crippen LogP) is 5.45. The summed E-state index contributed by atoms with van der Waals surface area (Å²) in [6, 6.07) is 23.7. The molecule has 1 aliphatic heterocycles. The van der Waals surface area contributed by atoms with Gasteiger partial charge in [-0.2, -0.15) is 0 Å². The molecule has 0 N–H and O–H groups in total. The number of benzene rings is 3. The summed E-state index contributed by atoms with van der Waals surface area (Å²) in [4.78, 5) is 4.87. The second-order valence-corrected chi connectivity index (χ2v) is 6.37. The molecule has 0 radical (unpaired) electrons. The Hall–Kier alpha value is -2.41. The molecule has 4 rings (SSSR count). The molecule has 1 aliphatic rings. The number of hydrogen-bond donors (Lipinski definition) is 0. The molecule has 0 saturated heterocycles. The van der Waals surface area contributed by atoms with Crippen molar-refractivity contribution in [2.24, 2.45) is 4.99 Å². The summed E-state index contributed by atoms with van der Waals surface area (Å²) < 4.78 is 0. The van der Waals surface area contributed by atoms with Gasteiger partial charge in [0.05, 0.1) is 5.69 Å². The monoisotopic (exact) mass is 285 g/mol. The van der Waals surface area contributed by atoms with Crippen molar-refractivity contribution >= 4 is 22.2 Å². The van der Waals surface area contributed by atoms with E-state index in [1.807, 2.05) is 0 Å². The third-order valence-electron chi connectivity index (χ3n) is 4.95. The van der Waals surface area contributed by atoms with Crippen LogP contribution in [0.5, 0.6) is 0 Å². The Morgan fingerprint density at radius 2 is 1.59 bits per heavy atom. The molecule has 108 valence electrons. The van der Waals surface area contributed by atoms with Gasteiger partial charge >= 0.3 is 0 Å². The molecule has 1 heterocycles. The number of nitrogens with zero attached hydrogens (tertiary/aromatic N) is 1. The van der Waals surface area contributed by atoms with Crippen molar-refractivity contribution in [1.29, 1.82) is 0 Å². The molecule has 0 aliphatic carbocycles. The van der Waals surface area contributed by atoms with E-state index in [0.29, 0.717) is 0 Å². The first-order valence-electron chi connectivity index (χ1n) is 7.80. The summed E-state index contributed by atoms with van der Waals surface area (Å²) in [5, 5.41) is 2.63. The SMILES string of the molecule is CC1=Nc2ccc3ccccc3c2C1(C)Cc1ccccc1. The Labute approximate surface area is 131 Å². The number of aliphatic imine (C=N–C) groups is 1. The molecule has 1 unspecified atom stereocenters. The third-order valence-corrected chi connectivity index (χ3v) is 4.95. The van der Waals surface area contributed by atoms with Crippen LogP contribution in [0.2, 0.25) is 0 Å². The van der Waals surface area contributed by atoms with E-state index in [4.69, 9.17) is 4.99 Å². The van der Waals surface area contributed by atoms with Gasteiger partial charge in [0.2, 0.25) is 0 Å². The Morgan fingerprint density at radius 1 is 0.864 bits per heavy atom. The van der Waals surface area contributed by atoms with Gasteiger partial charge in [0, 0.05) is 11.1 Å². The maximum Gasteiger partial charge on any atom is 0.0677 e. The normalized spacial score (nSPS) is 20.0. The van der Waals surface area contributed by atoms with Gasteiger partial charge in [0.25, 0.3) is 0 Å². The first kappa shape index (κ1) is 13.3. The van der Waals surface area contributed by atoms with Crippen molar-refractivity contribution in [3.8, 4) is 0 Å². The molecular formula is C21H19N. The van der Waals surface area contributed by atoms with Crippen molar-refractivity contribution in [1.82, 2.24) is 0 Å². The lowest BCUT2D eigenvalue weighted by molar-refractivity contribution is 0.650. The summed E-state index contributed by atoms with van der Waals surface area (Å²) in [7, 11) is 0. The Morgan fingerprint density at radius 3 is 2.41 bits per heavy atom. The van der Waals surface area contributed by atoms with Gasteiger partial charge in [0.1, 0.15) is 0 Å². The van der Waals surface area contributed by atoms with E-state index < -0.39 is 0 Å². The van der Waals surface area contributed by atoms with E-state index in [1.54, 1.807) is 0 Å². The Kier molecular flexibility index (Phi) is 2.90. The van der Waals surface area contributed by atoms with E-state index in [2.05, 4.69) is 80.6 Å². The van der Waals surface area contributed by atoms with Crippen molar-refractivity contribution in [2.45, 2.75) is 25.7 Å². The highest BCUT2D eigenvalue weighted by molar-refractivity contribution is 6.06. The van der Waals surface area contributed by atoms with Gasteiger partial charge in [-0.15, -0.1) is 0 Å². The van der Waals surface area contributed by atoms with E-state index in [-0.39, 0.29) is 5.41 Å². The van der Waals surface area contributed by atoms with Crippen LogP contribution in [0.15, 0.2) is 71.7 Å². The molecule has 0 spiro atoms. The summed E-state index contributed by atoms with van der Waals surface area (Å²) in [6.07, 6.45) is 0.990. The highest BCUT2D eigenvalue weighted by Crippen LogP contribution is 2.45. The summed E-state index contributed by atoms with van der Waals surface area (Å²) in [6.45, 7) is 4.49. The molecular weight excluding hydrogens is 266 g/mol. The highest BCUT2D eigenvalue weighted by Gasteiger charge is 2.38. The lowest BCUT2D eigenvalue weighted by Gasteiger charge is -2.27. The summed E-state index contributed by atoms with van der Waals surface area (Å²) in [5.41, 5.74) is 5.06. The Balaban J connectivity index is 1.92. The van der Waals surface area contributed by atoms with Crippen LogP contribution in [-0.2, 0) is 11.8 Å². The minimum Gasteiger partial charge on any atom is -0.257 e. The molecule has 0 amide bonds. The number of fused-ring (bicyclic) bond motifs is 3. The lowest BCUT2D eigenvalue weighted by Crippen LogP contribution is -2.30. The molecule has 0 aromatic heterocycles. The molecule has 0 fully saturated rings. The summed E-state index contributed by atoms with van der Waals surface area (Å²) in [5.74, 6) is 0. The van der Waals surface area contributed by atoms with E-state index in [1.165, 1.54) is 27.6 Å². The van der Waals surface area contributed by atoms with E-state index in [0.717, 1.165) is 12.1 Å². The minimum atomic E-state index is -0.0302. The van der Waals surface area contributed by atoms with Crippen LogP contribution in [0.4, 0.5) is 5.69 Å². The maximum absolute atomic E-state index is 4.87. The number of hydrogen-bond acceptors (Lipinski definition) is 1. The van der Waals surface area contributed by atoms with Crippen molar-refractivity contribution < 1.29 is 0 Å². The van der Waals surface area contributed by atoms with Crippen molar-refractivity contribution in [3.63, 3.8) is 0 Å². The summed E-state index contributed by atoms with van der Waals surface area (Å²) >= 11 is 0. The standard InChI is InChI=1S/C21H19N/c1-15-21(2,14-16-8-4-3-5-9-16)20-18-11-7-6-10-17(18)12-13-19(20)22-15/h3-13H,14H2,1-2H3.